The topological polar surface area (TPSA) is 75.6 Å². The first-order chi connectivity index (χ1) is 9.94. The molecule has 21 heavy (non-hydrogen) atoms. The lowest BCUT2D eigenvalue weighted by atomic mass is 10.2. The van der Waals surface area contributed by atoms with Crippen molar-refractivity contribution in [3.05, 3.63) is 45.1 Å². The number of aliphatic hydroxyl groups is 1. The van der Waals surface area contributed by atoms with E-state index in [2.05, 4.69) is 20.7 Å². The molecule has 2 aromatic rings. The Kier molecular flexibility index (Phi) is 5.39. The maximum atomic E-state index is 12.3. The molecule has 0 aliphatic rings. The van der Waals surface area contributed by atoms with Gasteiger partial charge >= 0.3 is 0 Å². The smallest absolute Gasteiger partial charge is 0.244 e. The molecule has 114 valence electrons. The maximum absolute atomic E-state index is 12.3. The minimum Gasteiger partial charge on any atom is -0.495 e. The second-order valence-corrected chi connectivity index (χ2v) is 7.65. The maximum Gasteiger partial charge on any atom is 0.244 e. The van der Waals surface area contributed by atoms with Gasteiger partial charge in [-0.15, -0.1) is 0 Å². The van der Waals surface area contributed by atoms with Gasteiger partial charge in [0.2, 0.25) is 10.0 Å². The van der Waals surface area contributed by atoms with Gasteiger partial charge in [-0.2, -0.15) is 11.3 Å². The van der Waals surface area contributed by atoms with E-state index in [0.29, 0.717) is 10.0 Å². The van der Waals surface area contributed by atoms with Crippen LogP contribution in [0, 0.1) is 0 Å². The fourth-order valence-electron chi connectivity index (χ4n) is 1.71. The Morgan fingerprint density at radius 2 is 2.19 bits per heavy atom. The number of sulfonamides is 1. The van der Waals surface area contributed by atoms with Gasteiger partial charge in [0.1, 0.15) is 10.6 Å². The summed E-state index contributed by atoms with van der Waals surface area (Å²) in [7, 11) is -2.37. The summed E-state index contributed by atoms with van der Waals surface area (Å²) >= 11 is 4.68. The lowest BCUT2D eigenvalue weighted by Crippen LogP contribution is -2.28. The third-order valence-electron chi connectivity index (χ3n) is 2.81. The number of benzene rings is 1. The number of ether oxygens (including phenoxy) is 1. The van der Waals surface area contributed by atoms with Crippen LogP contribution in [0.25, 0.3) is 0 Å². The normalized spacial score (nSPS) is 13.1. The fourth-order valence-corrected chi connectivity index (χ4v) is 4.16. The first-order valence-electron chi connectivity index (χ1n) is 5.97. The fraction of sp³-hybridized carbons (Fsp3) is 0.231. The molecule has 1 heterocycles. The molecule has 0 saturated heterocycles. The molecular weight excluding hydrogens is 378 g/mol. The van der Waals surface area contributed by atoms with E-state index in [4.69, 9.17) is 4.74 Å². The molecule has 0 spiro atoms. The molecule has 1 aromatic carbocycles. The second kappa shape index (κ2) is 6.89. The van der Waals surface area contributed by atoms with E-state index in [-0.39, 0.29) is 17.2 Å². The van der Waals surface area contributed by atoms with E-state index in [1.807, 2.05) is 5.38 Å². The number of nitrogens with one attached hydrogen (secondary N) is 1. The number of halogens is 1. The van der Waals surface area contributed by atoms with Crippen LogP contribution in [0.15, 0.2) is 44.4 Å². The van der Waals surface area contributed by atoms with Crippen LogP contribution in [0.3, 0.4) is 0 Å². The highest BCUT2D eigenvalue weighted by atomic mass is 79.9. The first kappa shape index (κ1) is 16.4. The van der Waals surface area contributed by atoms with Gasteiger partial charge in [0.25, 0.3) is 0 Å². The Morgan fingerprint density at radius 1 is 1.43 bits per heavy atom. The van der Waals surface area contributed by atoms with E-state index in [1.54, 1.807) is 23.6 Å². The molecule has 8 heteroatoms. The minimum atomic E-state index is -3.77. The van der Waals surface area contributed by atoms with E-state index in [1.165, 1.54) is 24.5 Å². The number of hydrogen-bond acceptors (Lipinski definition) is 5. The van der Waals surface area contributed by atoms with Gasteiger partial charge in [-0.3, -0.25) is 0 Å². The molecule has 0 fully saturated rings. The van der Waals surface area contributed by atoms with Gasteiger partial charge in [0.05, 0.1) is 13.2 Å². The number of aliphatic hydroxyl groups excluding tert-OH is 1. The number of thiophene rings is 1. The van der Waals surface area contributed by atoms with E-state index < -0.39 is 16.1 Å². The lowest BCUT2D eigenvalue weighted by Gasteiger charge is -2.13. The molecule has 5 nitrogen and oxygen atoms in total. The quantitative estimate of drug-likeness (QED) is 0.792. The van der Waals surface area contributed by atoms with Crippen LogP contribution in [0.5, 0.6) is 5.75 Å². The Labute approximate surface area is 135 Å². The van der Waals surface area contributed by atoms with Crippen molar-refractivity contribution in [3.63, 3.8) is 0 Å². The zero-order valence-electron chi connectivity index (χ0n) is 11.1. The van der Waals surface area contributed by atoms with Crippen LogP contribution in [-0.4, -0.2) is 27.2 Å². The Hall–Kier alpha value is -0.930. The van der Waals surface area contributed by atoms with Crippen LogP contribution < -0.4 is 9.46 Å². The van der Waals surface area contributed by atoms with Gasteiger partial charge < -0.3 is 9.84 Å². The highest BCUT2D eigenvalue weighted by Crippen LogP contribution is 2.27. The van der Waals surface area contributed by atoms with Gasteiger partial charge in [0, 0.05) is 11.0 Å². The van der Waals surface area contributed by atoms with Gasteiger partial charge in [-0.1, -0.05) is 15.9 Å². The Balaban J connectivity index is 2.17. The van der Waals surface area contributed by atoms with Crippen molar-refractivity contribution in [1.82, 2.24) is 4.72 Å². The molecule has 0 saturated carbocycles. The molecule has 0 amide bonds. The SMILES string of the molecule is COc1ccc(Br)cc1S(=O)(=O)NCC(O)c1ccsc1. The van der Waals surface area contributed by atoms with Crippen LogP contribution in [0.1, 0.15) is 11.7 Å². The highest BCUT2D eigenvalue weighted by Gasteiger charge is 2.21. The summed E-state index contributed by atoms with van der Waals surface area (Å²) in [5.74, 6) is 0.246. The highest BCUT2D eigenvalue weighted by molar-refractivity contribution is 9.10. The summed E-state index contributed by atoms with van der Waals surface area (Å²) in [6.07, 6.45) is -0.885. The van der Waals surface area contributed by atoms with Gasteiger partial charge in [0.15, 0.2) is 0 Å². The van der Waals surface area contributed by atoms with Crippen LogP contribution in [0.2, 0.25) is 0 Å². The molecule has 1 unspecified atom stereocenters. The third-order valence-corrected chi connectivity index (χ3v) is 5.45. The average molecular weight is 392 g/mol. The number of rotatable bonds is 6. The molecule has 1 aromatic heterocycles. The van der Waals surface area contributed by atoms with Crippen LogP contribution in [0.4, 0.5) is 0 Å². The molecular formula is C13H14BrNO4S2. The summed E-state index contributed by atoms with van der Waals surface area (Å²) < 4.78 is 32.7. The zero-order valence-corrected chi connectivity index (χ0v) is 14.3. The van der Waals surface area contributed by atoms with E-state index >= 15 is 0 Å². The summed E-state index contributed by atoms with van der Waals surface area (Å²) in [5, 5.41) is 13.5. The third kappa shape index (κ3) is 4.04. The average Bonchev–Trinajstić information content (AvgIpc) is 2.99. The van der Waals surface area contributed by atoms with Crippen LogP contribution >= 0.6 is 27.3 Å². The predicted molar refractivity (Wildman–Crippen MR) is 85.2 cm³/mol. The van der Waals surface area contributed by atoms with Crippen molar-refractivity contribution in [1.29, 1.82) is 0 Å². The summed E-state index contributed by atoms with van der Waals surface area (Å²) in [5.41, 5.74) is 0.684. The van der Waals surface area contributed by atoms with Crippen molar-refractivity contribution in [3.8, 4) is 5.75 Å². The summed E-state index contributed by atoms with van der Waals surface area (Å²) in [4.78, 5) is 0.0249. The largest absolute Gasteiger partial charge is 0.495 e. The number of methoxy groups -OCH3 is 1. The van der Waals surface area contributed by atoms with Crippen molar-refractivity contribution < 1.29 is 18.3 Å². The Bertz CT molecular complexity index is 701. The van der Waals surface area contributed by atoms with Crippen LogP contribution in [-0.2, 0) is 10.0 Å². The van der Waals surface area contributed by atoms with E-state index in [0.717, 1.165) is 0 Å². The molecule has 2 N–H and O–H groups in total. The van der Waals surface area contributed by atoms with E-state index in [9.17, 15) is 13.5 Å². The van der Waals surface area contributed by atoms with Crippen molar-refractivity contribution in [2.45, 2.75) is 11.0 Å². The van der Waals surface area contributed by atoms with Crippen molar-refractivity contribution >= 4 is 37.3 Å². The molecule has 0 bridgehead atoms. The summed E-state index contributed by atoms with van der Waals surface area (Å²) in [6.45, 7) is -0.102. The lowest BCUT2D eigenvalue weighted by molar-refractivity contribution is 0.182. The molecule has 0 aliphatic heterocycles. The van der Waals surface area contributed by atoms with Crippen molar-refractivity contribution in [2.75, 3.05) is 13.7 Å². The monoisotopic (exact) mass is 391 g/mol. The van der Waals surface area contributed by atoms with Gasteiger partial charge in [-0.25, -0.2) is 13.1 Å². The van der Waals surface area contributed by atoms with Crippen molar-refractivity contribution in [2.24, 2.45) is 0 Å². The number of hydrogen-bond donors (Lipinski definition) is 2. The zero-order chi connectivity index (χ0) is 15.5. The Morgan fingerprint density at radius 3 is 2.81 bits per heavy atom. The standard InChI is InChI=1S/C13H14BrNO4S2/c1-19-12-3-2-10(14)6-13(12)21(17,18)15-7-11(16)9-4-5-20-8-9/h2-6,8,11,15-16H,7H2,1H3. The first-order valence-corrected chi connectivity index (χ1v) is 9.19. The second-order valence-electron chi connectivity index (χ2n) is 4.22. The molecule has 1 atom stereocenters. The predicted octanol–water partition coefficient (Wildman–Crippen LogP) is 2.53. The minimum absolute atomic E-state index is 0.0249. The van der Waals surface area contributed by atoms with Gasteiger partial charge in [-0.05, 0) is 40.6 Å². The molecule has 0 aliphatic carbocycles. The molecule has 2 rings (SSSR count). The summed E-state index contributed by atoms with van der Waals surface area (Å²) in [6, 6.07) is 6.47. The molecule has 0 radical (unpaired) electrons.